The van der Waals surface area contributed by atoms with E-state index in [2.05, 4.69) is 0 Å². The molecule has 0 aliphatic rings. The molecule has 2 amide bonds. The Balaban J connectivity index is 2.81. The van der Waals surface area contributed by atoms with Crippen molar-refractivity contribution in [2.24, 2.45) is 0 Å². The van der Waals surface area contributed by atoms with E-state index < -0.39 is 48.6 Å². The molecule has 1 aromatic carbocycles. The van der Waals surface area contributed by atoms with Gasteiger partial charge in [0.1, 0.15) is 13.1 Å². The van der Waals surface area contributed by atoms with Crippen LogP contribution in [0.4, 0.5) is 26.3 Å². The van der Waals surface area contributed by atoms with E-state index in [0.717, 1.165) is 23.1 Å². The summed E-state index contributed by atoms with van der Waals surface area (Å²) >= 11 is 0.665. The Morgan fingerprint density at radius 2 is 1.65 bits per heavy atom. The summed E-state index contributed by atoms with van der Waals surface area (Å²) in [5.41, 5.74) is -0.926. The van der Waals surface area contributed by atoms with Crippen molar-refractivity contribution in [3.8, 4) is 0 Å². The molecule has 1 rings (SSSR count). The molecule has 0 aliphatic heterocycles. The first-order chi connectivity index (χ1) is 11.8. The standard InChI is InChI=1S/C15H16F6N2O2S/c1-22(2)12(24)7-23(9-14(16,17)18)13(25)8-26-11-5-3-4-10(6-11)15(19,20)21/h3-6H,7-9H2,1-2H3. The van der Waals surface area contributed by atoms with Crippen LogP contribution in [0.3, 0.4) is 0 Å². The van der Waals surface area contributed by atoms with Crippen molar-refractivity contribution < 1.29 is 35.9 Å². The molecule has 0 saturated carbocycles. The average molecular weight is 402 g/mol. The van der Waals surface area contributed by atoms with Gasteiger partial charge in [0.15, 0.2) is 0 Å². The molecule has 0 spiro atoms. The molecule has 0 aliphatic carbocycles. The van der Waals surface area contributed by atoms with E-state index in [0.29, 0.717) is 16.7 Å². The number of nitrogens with zero attached hydrogens (tertiary/aromatic N) is 2. The van der Waals surface area contributed by atoms with Gasteiger partial charge in [-0.2, -0.15) is 26.3 Å². The predicted molar refractivity (Wildman–Crippen MR) is 83.5 cm³/mol. The maximum absolute atomic E-state index is 12.6. The summed E-state index contributed by atoms with van der Waals surface area (Å²) in [6.07, 6.45) is -9.27. The van der Waals surface area contributed by atoms with E-state index in [4.69, 9.17) is 0 Å². The summed E-state index contributed by atoms with van der Waals surface area (Å²) in [6.45, 7) is -2.39. The Morgan fingerprint density at radius 1 is 1.04 bits per heavy atom. The second kappa shape index (κ2) is 8.65. The molecule has 0 radical (unpaired) electrons. The molecule has 26 heavy (non-hydrogen) atoms. The summed E-state index contributed by atoms with van der Waals surface area (Å²) in [5, 5.41) is 0. The quantitative estimate of drug-likeness (QED) is 0.542. The van der Waals surface area contributed by atoms with Gasteiger partial charge < -0.3 is 9.80 Å². The fourth-order valence-corrected chi connectivity index (χ4v) is 2.61. The minimum Gasteiger partial charge on any atom is -0.347 e. The lowest BCUT2D eigenvalue weighted by Crippen LogP contribution is -2.45. The number of hydrogen-bond donors (Lipinski definition) is 0. The van der Waals surface area contributed by atoms with Gasteiger partial charge in [-0.1, -0.05) is 6.07 Å². The fourth-order valence-electron chi connectivity index (χ4n) is 1.75. The van der Waals surface area contributed by atoms with E-state index in [1.807, 2.05) is 0 Å². The van der Waals surface area contributed by atoms with Crippen molar-refractivity contribution in [1.82, 2.24) is 9.80 Å². The fraction of sp³-hybridized carbons (Fsp3) is 0.467. The van der Waals surface area contributed by atoms with Crippen LogP contribution in [0.15, 0.2) is 29.2 Å². The Bertz CT molecular complexity index is 646. The molecule has 4 nitrogen and oxygen atoms in total. The van der Waals surface area contributed by atoms with Gasteiger partial charge in [0.25, 0.3) is 0 Å². The number of amides is 2. The number of benzene rings is 1. The number of thioether (sulfide) groups is 1. The minimum absolute atomic E-state index is 0.0825. The van der Waals surface area contributed by atoms with E-state index in [-0.39, 0.29) is 4.90 Å². The maximum atomic E-state index is 12.6. The van der Waals surface area contributed by atoms with Crippen LogP contribution in [0.25, 0.3) is 0 Å². The maximum Gasteiger partial charge on any atom is 0.416 e. The summed E-state index contributed by atoms with van der Waals surface area (Å²) in [7, 11) is 2.66. The van der Waals surface area contributed by atoms with Crippen molar-refractivity contribution >= 4 is 23.6 Å². The monoisotopic (exact) mass is 402 g/mol. The first-order valence-corrected chi connectivity index (χ1v) is 8.13. The number of alkyl halides is 6. The van der Waals surface area contributed by atoms with E-state index in [9.17, 15) is 35.9 Å². The SMILES string of the molecule is CN(C)C(=O)CN(CC(F)(F)F)C(=O)CSc1cccc(C(F)(F)F)c1. The van der Waals surface area contributed by atoms with Gasteiger partial charge in [-0.25, -0.2) is 0 Å². The molecule has 0 fully saturated rings. The van der Waals surface area contributed by atoms with E-state index >= 15 is 0 Å². The number of halogens is 6. The number of hydrogen-bond acceptors (Lipinski definition) is 3. The molecule has 0 heterocycles. The number of carbonyl (C=O) groups is 2. The average Bonchev–Trinajstić information content (AvgIpc) is 2.50. The van der Waals surface area contributed by atoms with Gasteiger partial charge in [0.05, 0.1) is 11.3 Å². The summed E-state index contributed by atoms with van der Waals surface area (Å²) in [6, 6.07) is 4.10. The third-order valence-corrected chi connectivity index (χ3v) is 4.05. The number of carbonyl (C=O) groups excluding carboxylic acids is 2. The highest BCUT2D eigenvalue weighted by Crippen LogP contribution is 2.32. The van der Waals surface area contributed by atoms with Crippen LogP contribution in [-0.4, -0.2) is 60.7 Å². The lowest BCUT2D eigenvalue weighted by Gasteiger charge is -2.24. The molecular weight excluding hydrogens is 386 g/mol. The zero-order valence-electron chi connectivity index (χ0n) is 13.8. The van der Waals surface area contributed by atoms with Crippen molar-refractivity contribution in [3.05, 3.63) is 29.8 Å². The zero-order chi connectivity index (χ0) is 20.1. The van der Waals surface area contributed by atoms with Crippen molar-refractivity contribution in [3.63, 3.8) is 0 Å². The van der Waals surface area contributed by atoms with E-state index in [1.165, 1.54) is 20.2 Å². The van der Waals surface area contributed by atoms with E-state index in [1.54, 1.807) is 0 Å². The highest BCUT2D eigenvalue weighted by Gasteiger charge is 2.34. The third-order valence-electron chi connectivity index (χ3n) is 3.07. The van der Waals surface area contributed by atoms with Crippen LogP contribution in [-0.2, 0) is 15.8 Å². The van der Waals surface area contributed by atoms with Crippen molar-refractivity contribution in [2.45, 2.75) is 17.2 Å². The topological polar surface area (TPSA) is 40.6 Å². The lowest BCUT2D eigenvalue weighted by atomic mass is 10.2. The summed E-state index contributed by atoms with van der Waals surface area (Å²) < 4.78 is 75.8. The third kappa shape index (κ3) is 7.54. The summed E-state index contributed by atoms with van der Waals surface area (Å²) in [5.74, 6) is -2.23. The van der Waals surface area contributed by atoms with Gasteiger partial charge in [-0.3, -0.25) is 9.59 Å². The minimum atomic E-state index is -4.71. The van der Waals surface area contributed by atoms with Crippen molar-refractivity contribution in [2.75, 3.05) is 32.9 Å². The molecule has 0 aromatic heterocycles. The van der Waals surface area contributed by atoms with Crippen LogP contribution < -0.4 is 0 Å². The molecule has 1 aromatic rings. The van der Waals surface area contributed by atoms with Gasteiger partial charge in [-0.05, 0) is 18.2 Å². The van der Waals surface area contributed by atoms with Gasteiger partial charge >= 0.3 is 12.4 Å². The highest BCUT2D eigenvalue weighted by atomic mass is 32.2. The number of rotatable bonds is 6. The van der Waals surface area contributed by atoms with Crippen LogP contribution in [0, 0.1) is 0 Å². The normalized spacial score (nSPS) is 12.0. The summed E-state index contributed by atoms with van der Waals surface area (Å²) in [4.78, 5) is 25.1. The largest absolute Gasteiger partial charge is 0.416 e. The van der Waals surface area contributed by atoms with Crippen molar-refractivity contribution in [1.29, 1.82) is 0 Å². The number of likely N-dealkylation sites (N-methyl/N-ethyl adjacent to an activating group) is 1. The Hall–Kier alpha value is -1.91. The second-order valence-corrected chi connectivity index (χ2v) is 6.52. The molecule has 146 valence electrons. The molecular formula is C15H16F6N2O2S. The van der Waals surface area contributed by atoms with Crippen LogP contribution in [0.5, 0.6) is 0 Å². The Labute approximate surface area is 150 Å². The van der Waals surface area contributed by atoms with Gasteiger partial charge in [0.2, 0.25) is 11.8 Å². The molecule has 0 bridgehead atoms. The first kappa shape index (κ1) is 22.1. The smallest absolute Gasteiger partial charge is 0.347 e. The van der Waals surface area contributed by atoms with Gasteiger partial charge in [0, 0.05) is 19.0 Å². The van der Waals surface area contributed by atoms with Crippen LogP contribution >= 0.6 is 11.8 Å². The van der Waals surface area contributed by atoms with Crippen LogP contribution in [0.1, 0.15) is 5.56 Å². The molecule has 11 heteroatoms. The second-order valence-electron chi connectivity index (χ2n) is 5.47. The Morgan fingerprint density at radius 3 is 2.15 bits per heavy atom. The molecule has 0 unspecified atom stereocenters. The zero-order valence-corrected chi connectivity index (χ0v) is 14.6. The molecule has 0 atom stereocenters. The van der Waals surface area contributed by atoms with Gasteiger partial charge in [-0.15, -0.1) is 11.8 Å². The molecule has 0 N–H and O–H groups in total. The lowest BCUT2D eigenvalue weighted by molar-refractivity contribution is -0.162. The van der Waals surface area contributed by atoms with Crippen LogP contribution in [0.2, 0.25) is 0 Å². The Kier molecular flexibility index (Phi) is 7.36. The predicted octanol–water partition coefficient (Wildman–Crippen LogP) is 3.28. The molecule has 0 saturated heterocycles. The highest BCUT2D eigenvalue weighted by molar-refractivity contribution is 8.00. The first-order valence-electron chi connectivity index (χ1n) is 7.14.